The number of hydrogen-bond donors (Lipinski definition) is 2. The molecule has 2 N–H and O–H groups in total. The van der Waals surface area contributed by atoms with Crippen LogP contribution in [0.5, 0.6) is 0 Å². The Kier molecular flexibility index (Phi) is 4.43. The highest BCUT2D eigenvalue weighted by atomic mass is 16.3. The summed E-state index contributed by atoms with van der Waals surface area (Å²) in [5, 5.41) is 20.9. The Morgan fingerprint density at radius 2 is 2.05 bits per heavy atom. The number of aromatic nitrogens is 2. The van der Waals surface area contributed by atoms with Crippen molar-refractivity contribution >= 4 is 5.82 Å². The van der Waals surface area contributed by atoms with Crippen LogP contribution in [0.2, 0.25) is 0 Å². The highest BCUT2D eigenvalue weighted by molar-refractivity contribution is 5.67. The molecule has 0 fully saturated rings. The van der Waals surface area contributed by atoms with Gasteiger partial charge in [0.2, 0.25) is 0 Å². The Balaban J connectivity index is 2.24. The predicted molar refractivity (Wildman–Crippen MR) is 72.4 cm³/mol. The van der Waals surface area contributed by atoms with Gasteiger partial charge in [-0.15, -0.1) is 0 Å². The maximum atomic E-state index is 9.15. The van der Waals surface area contributed by atoms with Gasteiger partial charge in [-0.3, -0.25) is 4.98 Å². The molecule has 0 aromatic carbocycles. The molecule has 0 aliphatic heterocycles. The van der Waals surface area contributed by atoms with Crippen LogP contribution in [0.1, 0.15) is 12.0 Å². The lowest BCUT2D eigenvalue weighted by molar-refractivity contribution is 0.292. The molecular formula is C14H14N4O. The van der Waals surface area contributed by atoms with Gasteiger partial charge < -0.3 is 10.4 Å². The molecule has 0 aliphatic rings. The average Bonchev–Trinajstić information content (AvgIpc) is 2.48. The first-order chi connectivity index (χ1) is 9.35. The van der Waals surface area contributed by atoms with E-state index in [1.807, 2.05) is 12.1 Å². The summed E-state index contributed by atoms with van der Waals surface area (Å²) in [6, 6.07) is 7.67. The third-order valence-electron chi connectivity index (χ3n) is 2.65. The Morgan fingerprint density at radius 3 is 2.74 bits per heavy atom. The number of rotatable bonds is 5. The molecule has 2 heterocycles. The number of nitrogens with one attached hydrogen (secondary N) is 1. The van der Waals surface area contributed by atoms with E-state index in [-0.39, 0.29) is 6.61 Å². The minimum atomic E-state index is 0.115. The van der Waals surface area contributed by atoms with Crippen LogP contribution in [0, 0.1) is 11.3 Å². The summed E-state index contributed by atoms with van der Waals surface area (Å²) in [7, 11) is 0. The average molecular weight is 254 g/mol. The van der Waals surface area contributed by atoms with Gasteiger partial charge in [-0.25, -0.2) is 4.98 Å². The Morgan fingerprint density at radius 1 is 1.26 bits per heavy atom. The van der Waals surface area contributed by atoms with Crippen LogP contribution in [0.4, 0.5) is 5.82 Å². The summed E-state index contributed by atoms with van der Waals surface area (Å²) in [4.78, 5) is 8.22. The fraction of sp³-hybridized carbons (Fsp3) is 0.214. The number of nitriles is 1. The van der Waals surface area contributed by atoms with Crippen molar-refractivity contribution in [3.63, 3.8) is 0 Å². The second kappa shape index (κ2) is 6.47. The number of pyridine rings is 2. The molecule has 2 rings (SSSR count). The summed E-state index contributed by atoms with van der Waals surface area (Å²) < 4.78 is 0. The highest BCUT2D eigenvalue weighted by Gasteiger charge is 2.06. The molecule has 5 heteroatoms. The van der Waals surface area contributed by atoms with Crippen molar-refractivity contribution in [3.8, 4) is 17.2 Å². The maximum absolute atomic E-state index is 9.15. The minimum absolute atomic E-state index is 0.115. The molecule has 0 saturated carbocycles. The number of hydrogen-bond acceptors (Lipinski definition) is 5. The first-order valence-electron chi connectivity index (χ1n) is 6.00. The Bertz CT molecular complexity index is 578. The topological polar surface area (TPSA) is 81.8 Å². The first kappa shape index (κ1) is 13.0. The Labute approximate surface area is 111 Å². The fourth-order valence-corrected chi connectivity index (χ4v) is 1.68. The third-order valence-corrected chi connectivity index (χ3v) is 2.65. The molecule has 2 aromatic rings. The van der Waals surface area contributed by atoms with E-state index in [0.29, 0.717) is 24.3 Å². The van der Waals surface area contributed by atoms with Crippen LogP contribution in [-0.2, 0) is 0 Å². The SMILES string of the molecule is N#Cc1cc(-c2ccncc2)cnc1NCCCO. The molecule has 0 bridgehead atoms. The van der Waals surface area contributed by atoms with Crippen molar-refractivity contribution in [1.29, 1.82) is 5.26 Å². The second-order valence-electron chi connectivity index (χ2n) is 3.97. The number of nitrogens with zero attached hydrogens (tertiary/aromatic N) is 3. The van der Waals surface area contributed by atoms with Crippen molar-refractivity contribution in [3.05, 3.63) is 42.4 Å². The molecule has 0 amide bonds. The lowest BCUT2D eigenvalue weighted by Crippen LogP contribution is -2.06. The summed E-state index contributed by atoms with van der Waals surface area (Å²) in [5.41, 5.74) is 2.35. The number of aliphatic hydroxyl groups is 1. The lowest BCUT2D eigenvalue weighted by Gasteiger charge is -2.08. The zero-order valence-electron chi connectivity index (χ0n) is 10.4. The zero-order chi connectivity index (χ0) is 13.5. The summed E-state index contributed by atoms with van der Waals surface area (Å²) in [5.74, 6) is 0.550. The maximum Gasteiger partial charge on any atom is 0.143 e. The van der Waals surface area contributed by atoms with Gasteiger partial charge in [0.05, 0.1) is 5.56 Å². The molecule has 5 nitrogen and oxygen atoms in total. The largest absolute Gasteiger partial charge is 0.396 e. The normalized spacial score (nSPS) is 9.89. The van der Waals surface area contributed by atoms with Crippen molar-refractivity contribution in [2.24, 2.45) is 0 Å². The van der Waals surface area contributed by atoms with Gasteiger partial charge in [0.25, 0.3) is 0 Å². The summed E-state index contributed by atoms with van der Waals surface area (Å²) in [6.07, 6.45) is 5.75. The molecule has 19 heavy (non-hydrogen) atoms. The first-order valence-corrected chi connectivity index (χ1v) is 6.00. The molecular weight excluding hydrogens is 240 g/mol. The summed E-state index contributed by atoms with van der Waals surface area (Å²) in [6.45, 7) is 0.705. The molecule has 0 saturated heterocycles. The standard InChI is InChI=1S/C14H14N4O/c15-9-12-8-13(11-2-5-16-6-3-11)10-18-14(12)17-4-1-7-19/h2-3,5-6,8,10,19H,1,4,7H2,(H,17,18). The minimum Gasteiger partial charge on any atom is -0.396 e. The quantitative estimate of drug-likeness (QED) is 0.795. The van der Waals surface area contributed by atoms with Gasteiger partial charge >= 0.3 is 0 Å². The van der Waals surface area contributed by atoms with Crippen LogP contribution >= 0.6 is 0 Å². The van der Waals surface area contributed by atoms with E-state index in [2.05, 4.69) is 21.4 Å². The van der Waals surface area contributed by atoms with Gasteiger partial charge in [0.15, 0.2) is 0 Å². The lowest BCUT2D eigenvalue weighted by atomic mass is 10.1. The Hall–Kier alpha value is -2.45. The van der Waals surface area contributed by atoms with Gasteiger partial charge in [0, 0.05) is 37.3 Å². The van der Waals surface area contributed by atoms with Crippen LogP contribution in [0.25, 0.3) is 11.1 Å². The van der Waals surface area contributed by atoms with E-state index in [4.69, 9.17) is 10.4 Å². The smallest absolute Gasteiger partial charge is 0.143 e. The molecule has 0 spiro atoms. The van der Waals surface area contributed by atoms with Crippen molar-refractivity contribution in [2.45, 2.75) is 6.42 Å². The van der Waals surface area contributed by atoms with E-state index in [0.717, 1.165) is 11.1 Å². The van der Waals surface area contributed by atoms with E-state index in [1.54, 1.807) is 24.7 Å². The van der Waals surface area contributed by atoms with Crippen molar-refractivity contribution in [1.82, 2.24) is 9.97 Å². The monoisotopic (exact) mass is 254 g/mol. The molecule has 0 radical (unpaired) electrons. The molecule has 2 aromatic heterocycles. The van der Waals surface area contributed by atoms with E-state index in [9.17, 15) is 0 Å². The van der Waals surface area contributed by atoms with Gasteiger partial charge in [-0.05, 0) is 30.2 Å². The second-order valence-corrected chi connectivity index (χ2v) is 3.97. The van der Waals surface area contributed by atoms with E-state index < -0.39 is 0 Å². The molecule has 0 atom stereocenters. The number of aliphatic hydroxyl groups excluding tert-OH is 1. The van der Waals surface area contributed by atoms with Crippen molar-refractivity contribution < 1.29 is 5.11 Å². The van der Waals surface area contributed by atoms with Gasteiger partial charge in [0.1, 0.15) is 11.9 Å². The zero-order valence-corrected chi connectivity index (χ0v) is 10.4. The third kappa shape index (κ3) is 3.27. The van der Waals surface area contributed by atoms with E-state index >= 15 is 0 Å². The van der Waals surface area contributed by atoms with Crippen LogP contribution < -0.4 is 5.32 Å². The van der Waals surface area contributed by atoms with Gasteiger partial charge in [-0.2, -0.15) is 5.26 Å². The van der Waals surface area contributed by atoms with Crippen LogP contribution in [-0.4, -0.2) is 28.2 Å². The fourth-order valence-electron chi connectivity index (χ4n) is 1.68. The predicted octanol–water partition coefficient (Wildman–Crippen LogP) is 1.81. The van der Waals surface area contributed by atoms with Crippen molar-refractivity contribution in [2.75, 3.05) is 18.5 Å². The van der Waals surface area contributed by atoms with Gasteiger partial charge in [-0.1, -0.05) is 0 Å². The highest BCUT2D eigenvalue weighted by Crippen LogP contribution is 2.22. The van der Waals surface area contributed by atoms with Crippen LogP contribution in [0.15, 0.2) is 36.8 Å². The number of anilines is 1. The summed E-state index contributed by atoms with van der Waals surface area (Å²) >= 11 is 0. The molecule has 96 valence electrons. The molecule has 0 unspecified atom stereocenters. The van der Waals surface area contributed by atoms with Crippen LogP contribution in [0.3, 0.4) is 0 Å². The molecule has 0 aliphatic carbocycles. The van der Waals surface area contributed by atoms with E-state index in [1.165, 1.54) is 0 Å².